The van der Waals surface area contributed by atoms with Crippen LogP contribution in [0.25, 0.3) is 11.1 Å². The first-order chi connectivity index (χ1) is 15.3. The fourth-order valence-corrected chi connectivity index (χ4v) is 4.94. The quantitative estimate of drug-likeness (QED) is 0.476. The first-order valence-electron chi connectivity index (χ1n) is 11.4. The van der Waals surface area contributed by atoms with Crippen LogP contribution in [0.5, 0.6) is 0 Å². The third-order valence-corrected chi connectivity index (χ3v) is 6.73. The standard InChI is InChI=1S/C25H29F3N2O2/c1-2-30(15-3-4-17-5-10-20(11-6-17)25(26,27)28)21-12-7-18(8-13-21)19-9-14-22-23(16-19)32-24(31)29-22/h5-6,9-11,14,16,18,21H,2-4,7-8,12-13,15H2,1H3,(H,29,31). The number of hydrogen-bond donors (Lipinski definition) is 1. The molecule has 4 rings (SSSR count). The smallest absolute Gasteiger partial charge is 0.408 e. The minimum Gasteiger partial charge on any atom is -0.408 e. The molecule has 0 saturated heterocycles. The van der Waals surface area contributed by atoms with Crippen molar-refractivity contribution >= 4 is 11.1 Å². The van der Waals surface area contributed by atoms with Crippen molar-refractivity contribution < 1.29 is 17.6 Å². The van der Waals surface area contributed by atoms with Crippen LogP contribution in [0.15, 0.2) is 51.7 Å². The SMILES string of the molecule is CCN(CCCc1ccc(C(F)(F)F)cc1)C1CCC(c2ccc3[nH]c(=O)oc3c2)CC1. The monoisotopic (exact) mass is 446 g/mol. The summed E-state index contributed by atoms with van der Waals surface area (Å²) in [5.74, 6) is 0.0532. The lowest BCUT2D eigenvalue weighted by Crippen LogP contribution is -2.38. The summed E-state index contributed by atoms with van der Waals surface area (Å²) in [7, 11) is 0. The molecule has 0 amide bonds. The van der Waals surface area contributed by atoms with E-state index in [4.69, 9.17) is 4.42 Å². The van der Waals surface area contributed by atoms with Crippen LogP contribution in [-0.2, 0) is 12.6 Å². The van der Waals surface area contributed by atoms with Gasteiger partial charge in [-0.3, -0.25) is 4.98 Å². The molecule has 1 N–H and O–H groups in total. The van der Waals surface area contributed by atoms with Crippen LogP contribution in [0.1, 0.15) is 61.6 Å². The molecule has 4 nitrogen and oxygen atoms in total. The average Bonchev–Trinajstić information content (AvgIpc) is 3.16. The van der Waals surface area contributed by atoms with Crippen LogP contribution in [0.4, 0.5) is 13.2 Å². The van der Waals surface area contributed by atoms with Crippen LogP contribution in [0.2, 0.25) is 0 Å². The summed E-state index contributed by atoms with van der Waals surface area (Å²) in [4.78, 5) is 16.6. The molecule has 1 saturated carbocycles. The van der Waals surface area contributed by atoms with Gasteiger partial charge < -0.3 is 9.32 Å². The highest BCUT2D eigenvalue weighted by Crippen LogP contribution is 2.36. The summed E-state index contributed by atoms with van der Waals surface area (Å²) in [6, 6.07) is 12.1. The molecule has 32 heavy (non-hydrogen) atoms. The number of nitrogens with zero attached hydrogens (tertiary/aromatic N) is 1. The molecule has 7 heteroatoms. The molecular formula is C25H29F3N2O2. The van der Waals surface area contributed by atoms with Gasteiger partial charge in [0.1, 0.15) is 0 Å². The van der Waals surface area contributed by atoms with E-state index in [1.54, 1.807) is 12.1 Å². The number of aromatic amines is 1. The number of rotatable bonds is 7. The highest BCUT2D eigenvalue weighted by molar-refractivity contribution is 5.72. The maximum Gasteiger partial charge on any atom is 0.417 e. The van der Waals surface area contributed by atoms with Crippen molar-refractivity contribution in [2.75, 3.05) is 13.1 Å². The van der Waals surface area contributed by atoms with Gasteiger partial charge in [0, 0.05) is 6.04 Å². The number of fused-ring (bicyclic) bond motifs is 1. The molecule has 0 radical (unpaired) electrons. The van der Waals surface area contributed by atoms with E-state index in [2.05, 4.69) is 22.9 Å². The molecule has 1 aliphatic carbocycles. The summed E-state index contributed by atoms with van der Waals surface area (Å²) < 4.78 is 43.3. The number of alkyl halides is 3. The Bertz CT molecular complexity index is 1080. The molecule has 0 aliphatic heterocycles. The first-order valence-corrected chi connectivity index (χ1v) is 11.4. The number of aryl methyl sites for hydroxylation is 1. The van der Waals surface area contributed by atoms with E-state index < -0.39 is 17.5 Å². The molecule has 1 aliphatic rings. The molecule has 1 heterocycles. The zero-order valence-corrected chi connectivity index (χ0v) is 18.3. The molecule has 0 atom stereocenters. The van der Waals surface area contributed by atoms with Gasteiger partial charge in [0.05, 0.1) is 11.1 Å². The van der Waals surface area contributed by atoms with E-state index in [-0.39, 0.29) is 0 Å². The maximum absolute atomic E-state index is 12.7. The number of aromatic nitrogens is 1. The lowest BCUT2D eigenvalue weighted by atomic mass is 9.81. The molecule has 1 fully saturated rings. The fourth-order valence-electron chi connectivity index (χ4n) is 4.94. The Kier molecular flexibility index (Phi) is 6.74. The van der Waals surface area contributed by atoms with Gasteiger partial charge in [0.15, 0.2) is 5.58 Å². The van der Waals surface area contributed by atoms with Crippen molar-refractivity contribution in [1.29, 1.82) is 0 Å². The molecular weight excluding hydrogens is 417 g/mol. The Morgan fingerprint density at radius 1 is 1.06 bits per heavy atom. The average molecular weight is 447 g/mol. The van der Waals surface area contributed by atoms with E-state index in [1.165, 1.54) is 17.7 Å². The van der Waals surface area contributed by atoms with E-state index in [0.717, 1.165) is 62.7 Å². The number of nitrogens with one attached hydrogen (secondary N) is 1. The van der Waals surface area contributed by atoms with Crippen LogP contribution >= 0.6 is 0 Å². The summed E-state index contributed by atoms with van der Waals surface area (Å²) >= 11 is 0. The molecule has 1 aromatic heterocycles. The largest absolute Gasteiger partial charge is 0.417 e. The van der Waals surface area contributed by atoms with Gasteiger partial charge in [-0.1, -0.05) is 25.1 Å². The number of hydrogen-bond acceptors (Lipinski definition) is 3. The van der Waals surface area contributed by atoms with Gasteiger partial charge >= 0.3 is 11.9 Å². The van der Waals surface area contributed by atoms with Gasteiger partial charge in [-0.2, -0.15) is 13.2 Å². The van der Waals surface area contributed by atoms with Crippen molar-refractivity contribution in [3.8, 4) is 0 Å². The van der Waals surface area contributed by atoms with Gasteiger partial charge in [0.25, 0.3) is 0 Å². The zero-order chi connectivity index (χ0) is 22.7. The minimum atomic E-state index is -4.28. The van der Waals surface area contributed by atoms with Crippen molar-refractivity contribution in [2.45, 2.75) is 63.6 Å². The Labute approximate surface area is 185 Å². The second-order valence-electron chi connectivity index (χ2n) is 8.70. The van der Waals surface area contributed by atoms with Crippen molar-refractivity contribution in [3.63, 3.8) is 0 Å². The lowest BCUT2D eigenvalue weighted by Gasteiger charge is -2.36. The lowest BCUT2D eigenvalue weighted by molar-refractivity contribution is -0.137. The van der Waals surface area contributed by atoms with Gasteiger partial charge in [0.2, 0.25) is 0 Å². The second-order valence-corrected chi connectivity index (χ2v) is 8.70. The Hall–Kier alpha value is -2.54. The van der Waals surface area contributed by atoms with Crippen LogP contribution < -0.4 is 5.76 Å². The van der Waals surface area contributed by atoms with Gasteiger partial charge in [-0.05, 0) is 92.9 Å². The molecule has 3 aromatic rings. The van der Waals surface area contributed by atoms with Crippen LogP contribution in [-0.4, -0.2) is 29.0 Å². The number of oxazole rings is 1. The summed E-state index contributed by atoms with van der Waals surface area (Å²) in [5.41, 5.74) is 2.94. The highest BCUT2D eigenvalue weighted by atomic mass is 19.4. The Morgan fingerprint density at radius 3 is 2.44 bits per heavy atom. The minimum absolute atomic E-state index is 0.421. The molecule has 2 aromatic carbocycles. The summed E-state index contributed by atoms with van der Waals surface area (Å²) in [6.07, 6.45) is 1.87. The predicted octanol–water partition coefficient (Wildman–Crippen LogP) is 6.12. The molecule has 0 bridgehead atoms. The predicted molar refractivity (Wildman–Crippen MR) is 119 cm³/mol. The molecule has 172 valence electrons. The van der Waals surface area contributed by atoms with Crippen LogP contribution in [0.3, 0.4) is 0 Å². The summed E-state index contributed by atoms with van der Waals surface area (Å²) in [5, 5.41) is 0. The maximum atomic E-state index is 12.7. The number of benzene rings is 2. The zero-order valence-electron chi connectivity index (χ0n) is 18.3. The third kappa shape index (κ3) is 5.26. The highest BCUT2D eigenvalue weighted by Gasteiger charge is 2.30. The van der Waals surface area contributed by atoms with Crippen molar-refractivity contribution in [1.82, 2.24) is 9.88 Å². The first kappa shape index (κ1) is 22.6. The second kappa shape index (κ2) is 9.53. The van der Waals surface area contributed by atoms with Crippen LogP contribution in [0, 0.1) is 0 Å². The molecule has 0 spiro atoms. The normalized spacial score (nSPS) is 19.7. The third-order valence-electron chi connectivity index (χ3n) is 6.73. The van der Waals surface area contributed by atoms with Gasteiger partial charge in [-0.15, -0.1) is 0 Å². The number of halogens is 3. The van der Waals surface area contributed by atoms with E-state index in [0.29, 0.717) is 17.5 Å². The van der Waals surface area contributed by atoms with Crippen molar-refractivity contribution in [2.24, 2.45) is 0 Å². The van der Waals surface area contributed by atoms with Crippen molar-refractivity contribution in [3.05, 3.63) is 69.7 Å². The topological polar surface area (TPSA) is 49.2 Å². The Morgan fingerprint density at radius 2 is 1.78 bits per heavy atom. The fraction of sp³-hybridized carbons (Fsp3) is 0.480. The number of H-pyrrole nitrogens is 1. The van der Waals surface area contributed by atoms with E-state index in [9.17, 15) is 18.0 Å². The van der Waals surface area contributed by atoms with Gasteiger partial charge in [-0.25, -0.2) is 4.79 Å². The van der Waals surface area contributed by atoms with E-state index >= 15 is 0 Å². The Balaban J connectivity index is 1.27. The summed E-state index contributed by atoms with van der Waals surface area (Å²) in [6.45, 7) is 4.10. The van der Waals surface area contributed by atoms with E-state index in [1.807, 2.05) is 12.1 Å². The molecule has 0 unspecified atom stereocenters.